The van der Waals surface area contributed by atoms with Crippen LogP contribution >= 0.6 is 0 Å². The summed E-state index contributed by atoms with van der Waals surface area (Å²) in [5, 5.41) is 6.01. The fourth-order valence-corrected chi connectivity index (χ4v) is 2.96. The van der Waals surface area contributed by atoms with Crippen molar-refractivity contribution in [3.05, 3.63) is 60.2 Å². The highest BCUT2D eigenvalue weighted by molar-refractivity contribution is 5.93. The zero-order valence-electron chi connectivity index (χ0n) is 13.3. The molecular weight excluding hydrogens is 304 g/mol. The van der Waals surface area contributed by atoms with Crippen molar-refractivity contribution in [1.29, 1.82) is 0 Å². The third-order valence-corrected chi connectivity index (χ3v) is 4.19. The molecule has 2 unspecified atom stereocenters. The first-order valence-electron chi connectivity index (χ1n) is 8.18. The Balaban J connectivity index is 1.65. The van der Waals surface area contributed by atoms with Crippen LogP contribution in [0.2, 0.25) is 0 Å². The van der Waals surface area contributed by atoms with Crippen molar-refractivity contribution in [2.45, 2.75) is 37.8 Å². The van der Waals surface area contributed by atoms with Crippen LogP contribution in [0.15, 0.2) is 48.8 Å². The summed E-state index contributed by atoms with van der Waals surface area (Å²) in [6.45, 7) is 0. The number of nitrogens with zero attached hydrogens (tertiary/aromatic N) is 2. The number of pyridine rings is 2. The fourth-order valence-electron chi connectivity index (χ4n) is 2.96. The van der Waals surface area contributed by atoms with Gasteiger partial charge in [0.15, 0.2) is 0 Å². The van der Waals surface area contributed by atoms with Crippen molar-refractivity contribution in [2.75, 3.05) is 0 Å². The second kappa shape index (κ2) is 7.68. The monoisotopic (exact) mass is 324 g/mol. The summed E-state index contributed by atoms with van der Waals surface area (Å²) in [6, 6.07) is 10.3. The number of amides is 2. The van der Waals surface area contributed by atoms with E-state index in [0.29, 0.717) is 11.4 Å². The van der Waals surface area contributed by atoms with E-state index in [-0.39, 0.29) is 23.9 Å². The highest BCUT2D eigenvalue weighted by Crippen LogP contribution is 2.19. The molecule has 1 aliphatic carbocycles. The maximum atomic E-state index is 12.3. The molecule has 2 heterocycles. The van der Waals surface area contributed by atoms with Crippen LogP contribution in [-0.2, 0) is 0 Å². The number of carbonyl (C=O) groups is 2. The molecule has 2 amide bonds. The van der Waals surface area contributed by atoms with Crippen LogP contribution in [0.3, 0.4) is 0 Å². The lowest BCUT2D eigenvalue weighted by atomic mass is 9.90. The van der Waals surface area contributed by atoms with E-state index in [2.05, 4.69) is 20.6 Å². The van der Waals surface area contributed by atoms with Gasteiger partial charge in [-0.05, 0) is 37.1 Å². The van der Waals surface area contributed by atoms with Gasteiger partial charge in [0, 0.05) is 24.5 Å². The van der Waals surface area contributed by atoms with E-state index in [1.54, 1.807) is 48.8 Å². The lowest BCUT2D eigenvalue weighted by molar-refractivity contribution is 0.0857. The molecule has 3 rings (SSSR count). The van der Waals surface area contributed by atoms with Crippen molar-refractivity contribution < 1.29 is 9.59 Å². The zero-order chi connectivity index (χ0) is 16.8. The van der Waals surface area contributed by atoms with Gasteiger partial charge in [-0.25, -0.2) is 0 Å². The molecule has 0 aromatic carbocycles. The van der Waals surface area contributed by atoms with Gasteiger partial charge in [-0.15, -0.1) is 0 Å². The number of aromatic nitrogens is 2. The van der Waals surface area contributed by atoms with E-state index < -0.39 is 0 Å². The van der Waals surface area contributed by atoms with Crippen LogP contribution in [-0.4, -0.2) is 33.9 Å². The molecule has 6 nitrogen and oxygen atoms in total. The molecule has 1 aliphatic rings. The Morgan fingerprint density at radius 2 is 1.25 bits per heavy atom. The van der Waals surface area contributed by atoms with Crippen LogP contribution in [0.25, 0.3) is 0 Å². The number of carbonyl (C=O) groups excluding carboxylic acids is 2. The van der Waals surface area contributed by atoms with E-state index >= 15 is 0 Å². The number of hydrogen-bond acceptors (Lipinski definition) is 4. The van der Waals surface area contributed by atoms with Crippen molar-refractivity contribution in [3.8, 4) is 0 Å². The van der Waals surface area contributed by atoms with Crippen LogP contribution < -0.4 is 10.6 Å². The van der Waals surface area contributed by atoms with Gasteiger partial charge in [0.1, 0.15) is 11.4 Å². The summed E-state index contributed by atoms with van der Waals surface area (Å²) in [5.74, 6) is -0.417. The molecule has 0 aliphatic heterocycles. The largest absolute Gasteiger partial charge is 0.346 e. The summed E-state index contributed by atoms with van der Waals surface area (Å²) in [7, 11) is 0. The Hall–Kier alpha value is -2.76. The molecule has 2 N–H and O–H groups in total. The standard InChI is InChI=1S/C18H20N4O2/c23-17(15-9-3-5-11-19-15)21-13-7-1-2-8-14(13)22-18(24)16-10-4-6-12-20-16/h3-6,9-14H,1-2,7-8H2,(H,21,23)(H,22,24). The van der Waals surface area contributed by atoms with E-state index in [0.717, 1.165) is 25.7 Å². The summed E-state index contributed by atoms with van der Waals surface area (Å²) in [4.78, 5) is 32.8. The zero-order valence-corrected chi connectivity index (χ0v) is 13.3. The van der Waals surface area contributed by atoms with E-state index in [1.807, 2.05) is 0 Å². The smallest absolute Gasteiger partial charge is 0.270 e. The Morgan fingerprint density at radius 1 is 0.792 bits per heavy atom. The van der Waals surface area contributed by atoms with Crippen LogP contribution in [0.4, 0.5) is 0 Å². The molecule has 0 radical (unpaired) electrons. The average Bonchev–Trinajstić information content (AvgIpc) is 2.64. The van der Waals surface area contributed by atoms with Crippen LogP contribution in [0, 0.1) is 0 Å². The molecule has 24 heavy (non-hydrogen) atoms. The van der Waals surface area contributed by atoms with Crippen molar-refractivity contribution in [3.63, 3.8) is 0 Å². The Kier molecular flexibility index (Phi) is 5.15. The van der Waals surface area contributed by atoms with E-state index in [9.17, 15) is 9.59 Å². The molecule has 2 aromatic rings. The quantitative estimate of drug-likeness (QED) is 0.900. The maximum Gasteiger partial charge on any atom is 0.270 e. The highest BCUT2D eigenvalue weighted by atomic mass is 16.2. The second-order valence-corrected chi connectivity index (χ2v) is 5.87. The van der Waals surface area contributed by atoms with Gasteiger partial charge in [-0.3, -0.25) is 19.6 Å². The van der Waals surface area contributed by atoms with Crippen molar-refractivity contribution in [2.24, 2.45) is 0 Å². The van der Waals surface area contributed by atoms with E-state index in [1.165, 1.54) is 0 Å². The van der Waals surface area contributed by atoms with Gasteiger partial charge in [-0.1, -0.05) is 25.0 Å². The van der Waals surface area contributed by atoms with Gasteiger partial charge >= 0.3 is 0 Å². The Labute approximate surface area is 140 Å². The predicted molar refractivity (Wildman–Crippen MR) is 89.5 cm³/mol. The lowest BCUT2D eigenvalue weighted by Gasteiger charge is -2.32. The second-order valence-electron chi connectivity index (χ2n) is 5.87. The summed E-state index contributed by atoms with van der Waals surface area (Å²) < 4.78 is 0. The average molecular weight is 324 g/mol. The summed E-state index contributed by atoms with van der Waals surface area (Å²) >= 11 is 0. The third-order valence-electron chi connectivity index (χ3n) is 4.19. The lowest BCUT2D eigenvalue weighted by Crippen LogP contribution is -2.53. The molecule has 2 aromatic heterocycles. The fraction of sp³-hybridized carbons (Fsp3) is 0.333. The van der Waals surface area contributed by atoms with Crippen molar-refractivity contribution in [1.82, 2.24) is 20.6 Å². The predicted octanol–water partition coefficient (Wildman–Crippen LogP) is 1.95. The first-order valence-corrected chi connectivity index (χ1v) is 8.18. The van der Waals surface area contributed by atoms with E-state index in [4.69, 9.17) is 0 Å². The van der Waals surface area contributed by atoms with Gasteiger partial charge in [0.25, 0.3) is 11.8 Å². The minimum Gasteiger partial charge on any atom is -0.346 e. The number of rotatable bonds is 4. The van der Waals surface area contributed by atoms with Crippen molar-refractivity contribution >= 4 is 11.8 Å². The van der Waals surface area contributed by atoms with Gasteiger partial charge < -0.3 is 10.6 Å². The maximum absolute atomic E-state index is 12.3. The minimum absolute atomic E-state index is 0.0964. The highest BCUT2D eigenvalue weighted by Gasteiger charge is 2.28. The molecule has 0 bridgehead atoms. The van der Waals surface area contributed by atoms with Crippen LogP contribution in [0.5, 0.6) is 0 Å². The SMILES string of the molecule is O=C(NC1CCCCC1NC(=O)c1ccccn1)c1ccccn1. The summed E-state index contributed by atoms with van der Waals surface area (Å²) in [5.41, 5.74) is 0.774. The van der Waals surface area contributed by atoms with Gasteiger partial charge in [0.2, 0.25) is 0 Å². The van der Waals surface area contributed by atoms with Gasteiger partial charge in [-0.2, -0.15) is 0 Å². The first-order chi connectivity index (χ1) is 11.7. The first kappa shape index (κ1) is 16.1. The topological polar surface area (TPSA) is 84.0 Å². The molecule has 1 fully saturated rings. The van der Waals surface area contributed by atoms with Crippen LogP contribution in [0.1, 0.15) is 46.7 Å². The normalized spacial score (nSPS) is 20.2. The molecule has 0 spiro atoms. The number of hydrogen-bond donors (Lipinski definition) is 2. The molecule has 124 valence electrons. The summed E-state index contributed by atoms with van der Waals surface area (Å²) in [6.07, 6.45) is 6.93. The molecule has 1 saturated carbocycles. The van der Waals surface area contributed by atoms with Gasteiger partial charge in [0.05, 0.1) is 0 Å². The Bertz CT molecular complexity index is 629. The Morgan fingerprint density at radius 3 is 1.62 bits per heavy atom. The molecular formula is C18H20N4O2. The number of nitrogens with one attached hydrogen (secondary N) is 2. The third kappa shape index (κ3) is 3.95. The molecule has 2 atom stereocenters. The molecule has 0 saturated heterocycles. The molecule has 6 heteroatoms. The minimum atomic E-state index is -0.209.